The second-order valence-corrected chi connectivity index (χ2v) is 5.91. The molecule has 2 N–H and O–H groups in total. The van der Waals surface area contributed by atoms with Gasteiger partial charge in [0.1, 0.15) is 11.9 Å². The number of carbonyl (C=O) groups excluding carboxylic acids is 2. The lowest BCUT2D eigenvalue weighted by atomic mass is 10.2. The van der Waals surface area contributed by atoms with E-state index in [1.807, 2.05) is 0 Å². The summed E-state index contributed by atoms with van der Waals surface area (Å²) in [5, 5.41) is 4.73. The van der Waals surface area contributed by atoms with Gasteiger partial charge in [0.05, 0.1) is 10.7 Å². The molecule has 0 unspecified atom stereocenters. The van der Waals surface area contributed by atoms with Gasteiger partial charge in [0.2, 0.25) is 5.91 Å². The van der Waals surface area contributed by atoms with Gasteiger partial charge in [0, 0.05) is 12.2 Å². The van der Waals surface area contributed by atoms with Crippen LogP contribution in [-0.4, -0.2) is 24.5 Å². The topological polar surface area (TPSA) is 61.4 Å². The third kappa shape index (κ3) is 3.71. The highest BCUT2D eigenvalue weighted by atomic mass is 35.5. The van der Waals surface area contributed by atoms with E-state index < -0.39 is 23.7 Å². The van der Waals surface area contributed by atoms with Gasteiger partial charge in [0.15, 0.2) is 5.82 Å². The molecule has 0 aromatic heterocycles. The molecule has 0 spiro atoms. The molecular formula is C17H14ClF2N3O2. The van der Waals surface area contributed by atoms with Gasteiger partial charge in [-0.05, 0) is 42.8 Å². The molecule has 0 radical (unpaired) electrons. The number of halogens is 3. The van der Waals surface area contributed by atoms with Crippen LogP contribution in [0.5, 0.6) is 0 Å². The summed E-state index contributed by atoms with van der Waals surface area (Å²) in [6.07, 6.45) is 0.391. The van der Waals surface area contributed by atoms with E-state index in [0.29, 0.717) is 18.7 Å². The van der Waals surface area contributed by atoms with Crippen LogP contribution in [0.3, 0.4) is 0 Å². The van der Waals surface area contributed by atoms with Crippen molar-refractivity contribution in [2.45, 2.75) is 12.5 Å². The van der Waals surface area contributed by atoms with Crippen molar-refractivity contribution >= 4 is 34.9 Å². The second kappa shape index (κ2) is 7.06. The smallest absolute Gasteiger partial charge is 0.319 e. The van der Waals surface area contributed by atoms with Gasteiger partial charge in [-0.25, -0.2) is 13.6 Å². The first-order chi connectivity index (χ1) is 12.0. The molecule has 1 aliphatic rings. The molecule has 130 valence electrons. The van der Waals surface area contributed by atoms with Crippen molar-refractivity contribution in [2.75, 3.05) is 16.8 Å². The SMILES string of the molecule is O=C(Nc1cccc(Cl)c1F)N[C@@H]1CCN(c2ccc(F)cc2)C1=O. The van der Waals surface area contributed by atoms with Crippen molar-refractivity contribution < 1.29 is 18.4 Å². The van der Waals surface area contributed by atoms with E-state index in [9.17, 15) is 18.4 Å². The van der Waals surface area contributed by atoms with Gasteiger partial charge in [-0.2, -0.15) is 0 Å². The van der Waals surface area contributed by atoms with Crippen LogP contribution in [0.1, 0.15) is 6.42 Å². The number of nitrogens with zero attached hydrogens (tertiary/aromatic N) is 1. The fraction of sp³-hybridized carbons (Fsp3) is 0.176. The Hall–Kier alpha value is -2.67. The number of urea groups is 1. The molecule has 3 rings (SSSR count). The number of rotatable bonds is 3. The van der Waals surface area contributed by atoms with E-state index in [-0.39, 0.29) is 16.6 Å². The Bertz CT molecular complexity index is 814. The maximum Gasteiger partial charge on any atom is 0.319 e. The summed E-state index contributed by atoms with van der Waals surface area (Å²) < 4.78 is 26.8. The predicted octanol–water partition coefficient (Wildman–Crippen LogP) is 3.55. The average Bonchev–Trinajstić information content (AvgIpc) is 2.93. The molecule has 1 saturated heterocycles. The first-order valence-electron chi connectivity index (χ1n) is 7.54. The highest BCUT2D eigenvalue weighted by Crippen LogP contribution is 2.23. The third-order valence-corrected chi connectivity index (χ3v) is 4.14. The number of amides is 3. The van der Waals surface area contributed by atoms with Crippen LogP contribution in [-0.2, 0) is 4.79 Å². The molecule has 1 heterocycles. The first kappa shape index (κ1) is 17.2. The number of benzene rings is 2. The van der Waals surface area contributed by atoms with Crippen molar-refractivity contribution in [3.05, 3.63) is 59.1 Å². The highest BCUT2D eigenvalue weighted by molar-refractivity contribution is 6.31. The molecule has 1 atom stereocenters. The number of nitrogens with one attached hydrogen (secondary N) is 2. The summed E-state index contributed by atoms with van der Waals surface area (Å²) >= 11 is 5.65. The van der Waals surface area contributed by atoms with E-state index in [4.69, 9.17) is 11.6 Å². The Morgan fingerprint density at radius 2 is 1.88 bits per heavy atom. The fourth-order valence-electron chi connectivity index (χ4n) is 2.61. The van der Waals surface area contributed by atoms with Crippen LogP contribution in [0.25, 0.3) is 0 Å². The zero-order valence-corrected chi connectivity index (χ0v) is 13.7. The summed E-state index contributed by atoms with van der Waals surface area (Å²) in [6, 6.07) is 8.29. The molecule has 0 bridgehead atoms. The first-order valence-corrected chi connectivity index (χ1v) is 7.92. The van der Waals surface area contributed by atoms with Gasteiger partial charge in [0.25, 0.3) is 0 Å². The van der Waals surface area contributed by atoms with Crippen LogP contribution < -0.4 is 15.5 Å². The molecule has 2 aromatic rings. The Balaban J connectivity index is 1.63. The van der Waals surface area contributed by atoms with E-state index >= 15 is 0 Å². The lowest BCUT2D eigenvalue weighted by molar-refractivity contribution is -0.118. The number of anilines is 2. The second-order valence-electron chi connectivity index (χ2n) is 5.51. The lowest BCUT2D eigenvalue weighted by Gasteiger charge is -2.17. The number of hydrogen-bond acceptors (Lipinski definition) is 2. The molecule has 0 aliphatic carbocycles. The third-order valence-electron chi connectivity index (χ3n) is 3.85. The minimum absolute atomic E-state index is 0.0779. The Labute approximate surface area is 147 Å². The van der Waals surface area contributed by atoms with Crippen LogP contribution in [0.4, 0.5) is 25.0 Å². The van der Waals surface area contributed by atoms with Crippen molar-refractivity contribution in [3.63, 3.8) is 0 Å². The minimum Gasteiger partial charge on any atom is -0.326 e. The van der Waals surface area contributed by atoms with Gasteiger partial charge in [-0.3, -0.25) is 4.79 Å². The van der Waals surface area contributed by atoms with Crippen molar-refractivity contribution in [1.29, 1.82) is 0 Å². The number of carbonyl (C=O) groups is 2. The van der Waals surface area contributed by atoms with Crippen LogP contribution in [0, 0.1) is 11.6 Å². The minimum atomic E-state index is -0.745. The Kier molecular flexibility index (Phi) is 4.85. The van der Waals surface area contributed by atoms with Gasteiger partial charge in [-0.15, -0.1) is 0 Å². The molecule has 5 nitrogen and oxygen atoms in total. The highest BCUT2D eigenvalue weighted by Gasteiger charge is 2.33. The fourth-order valence-corrected chi connectivity index (χ4v) is 2.78. The molecule has 25 heavy (non-hydrogen) atoms. The summed E-state index contributed by atoms with van der Waals surface area (Å²) in [6.45, 7) is 0.390. The van der Waals surface area contributed by atoms with Crippen molar-refractivity contribution in [3.8, 4) is 0 Å². The van der Waals surface area contributed by atoms with Crippen molar-refractivity contribution in [1.82, 2.24) is 5.32 Å². The number of hydrogen-bond donors (Lipinski definition) is 2. The summed E-state index contributed by atoms with van der Waals surface area (Å²) in [4.78, 5) is 25.9. The summed E-state index contributed by atoms with van der Waals surface area (Å²) in [5.74, 6) is -1.45. The summed E-state index contributed by atoms with van der Waals surface area (Å²) in [7, 11) is 0. The maximum absolute atomic E-state index is 13.8. The lowest BCUT2D eigenvalue weighted by Crippen LogP contribution is -2.43. The maximum atomic E-state index is 13.8. The molecule has 2 aromatic carbocycles. The molecule has 0 saturated carbocycles. The van der Waals surface area contributed by atoms with E-state index in [1.54, 1.807) is 0 Å². The molecule has 1 aliphatic heterocycles. The standard InChI is InChI=1S/C17H14ClF2N3O2/c18-12-2-1-3-13(15(12)20)21-17(25)22-14-8-9-23(16(14)24)11-6-4-10(19)5-7-11/h1-7,14H,8-9H2,(H2,21,22,25)/t14-/m1/s1. The van der Waals surface area contributed by atoms with Crippen LogP contribution in [0.15, 0.2) is 42.5 Å². The van der Waals surface area contributed by atoms with Gasteiger partial charge < -0.3 is 15.5 Å². The average molecular weight is 366 g/mol. The molecular weight excluding hydrogens is 352 g/mol. The quantitative estimate of drug-likeness (QED) is 0.873. The van der Waals surface area contributed by atoms with E-state index in [0.717, 1.165) is 0 Å². The van der Waals surface area contributed by atoms with E-state index in [2.05, 4.69) is 10.6 Å². The van der Waals surface area contributed by atoms with Gasteiger partial charge >= 0.3 is 6.03 Å². The van der Waals surface area contributed by atoms with Crippen LogP contribution in [0.2, 0.25) is 5.02 Å². The van der Waals surface area contributed by atoms with Crippen LogP contribution >= 0.6 is 11.6 Å². The van der Waals surface area contributed by atoms with E-state index in [1.165, 1.54) is 47.4 Å². The molecule has 3 amide bonds. The molecule has 1 fully saturated rings. The largest absolute Gasteiger partial charge is 0.326 e. The summed E-state index contributed by atoms with van der Waals surface area (Å²) in [5.41, 5.74) is 0.475. The Morgan fingerprint density at radius 1 is 1.16 bits per heavy atom. The van der Waals surface area contributed by atoms with Crippen molar-refractivity contribution in [2.24, 2.45) is 0 Å². The monoisotopic (exact) mass is 365 g/mol. The molecule has 8 heteroatoms. The van der Waals surface area contributed by atoms with Gasteiger partial charge in [-0.1, -0.05) is 17.7 Å². The zero-order valence-electron chi connectivity index (χ0n) is 12.9. The Morgan fingerprint density at radius 3 is 2.60 bits per heavy atom. The normalized spacial score (nSPS) is 16.8. The predicted molar refractivity (Wildman–Crippen MR) is 90.7 cm³/mol. The zero-order chi connectivity index (χ0) is 18.0.